The monoisotopic (exact) mass is 447 g/mol. The van der Waals surface area contributed by atoms with Gasteiger partial charge in [0.25, 0.3) is 0 Å². The van der Waals surface area contributed by atoms with Crippen LogP contribution in [0.2, 0.25) is 0 Å². The molecule has 0 heterocycles. The molecule has 4 aliphatic rings. The van der Waals surface area contributed by atoms with Gasteiger partial charge in [-0.05, 0) is 116 Å². The zero-order valence-electron chi connectivity index (χ0n) is 20.5. The third-order valence-corrected chi connectivity index (χ3v) is 10.7. The summed E-state index contributed by atoms with van der Waals surface area (Å²) >= 11 is 0. The van der Waals surface area contributed by atoms with Crippen molar-refractivity contribution in [2.24, 2.45) is 34.5 Å². The van der Waals surface area contributed by atoms with Gasteiger partial charge < -0.3 is 10.2 Å². The standard InChI is InChI=1S/C30H41NO2/c1-29-17-15-27-25(12-10-23-18-24(32)14-16-30(23,27)2)26(29)13-11-22(29)4-3-5-28(33)21-8-6-20(19-31)7-9-21/h6-10,22,24-28,32-33H,3-5,11-18H2,1-2H3. The number of hydrogen-bond acceptors (Lipinski definition) is 3. The Kier molecular flexibility index (Phi) is 6.21. The Hall–Kier alpha value is -1.63. The number of aliphatic hydroxyl groups is 2. The van der Waals surface area contributed by atoms with E-state index < -0.39 is 6.10 Å². The van der Waals surface area contributed by atoms with Gasteiger partial charge in [0, 0.05) is 0 Å². The average molecular weight is 448 g/mol. The van der Waals surface area contributed by atoms with Crippen LogP contribution in [0.1, 0.15) is 102 Å². The molecule has 0 spiro atoms. The minimum absolute atomic E-state index is 0.120. The summed E-state index contributed by atoms with van der Waals surface area (Å²) in [4.78, 5) is 0. The molecule has 0 aliphatic heterocycles. The molecular weight excluding hydrogens is 406 g/mol. The molecule has 0 bridgehead atoms. The van der Waals surface area contributed by atoms with E-state index in [1.54, 1.807) is 17.7 Å². The van der Waals surface area contributed by atoms with Crippen molar-refractivity contribution in [1.29, 1.82) is 5.26 Å². The lowest BCUT2D eigenvalue weighted by molar-refractivity contribution is -0.0511. The van der Waals surface area contributed by atoms with Gasteiger partial charge in [-0.15, -0.1) is 0 Å². The zero-order valence-corrected chi connectivity index (χ0v) is 20.5. The Morgan fingerprint density at radius 1 is 1.06 bits per heavy atom. The number of allylic oxidation sites excluding steroid dienone is 1. The maximum absolute atomic E-state index is 10.7. The molecule has 3 fully saturated rings. The minimum Gasteiger partial charge on any atom is -0.393 e. The van der Waals surface area contributed by atoms with Gasteiger partial charge in [-0.3, -0.25) is 0 Å². The third kappa shape index (κ3) is 3.98. The first kappa shape index (κ1) is 23.1. The number of nitrogens with zero attached hydrogens (tertiary/aromatic N) is 1. The van der Waals surface area contributed by atoms with E-state index in [1.165, 1.54) is 44.9 Å². The fourth-order valence-electron chi connectivity index (χ4n) is 8.73. The van der Waals surface area contributed by atoms with Crippen LogP contribution in [0.3, 0.4) is 0 Å². The van der Waals surface area contributed by atoms with Crippen molar-refractivity contribution >= 4 is 0 Å². The molecule has 0 saturated heterocycles. The Morgan fingerprint density at radius 3 is 2.61 bits per heavy atom. The first-order valence-electron chi connectivity index (χ1n) is 13.4. The molecule has 3 saturated carbocycles. The van der Waals surface area contributed by atoms with Crippen molar-refractivity contribution in [3.8, 4) is 6.07 Å². The van der Waals surface area contributed by atoms with E-state index in [4.69, 9.17) is 5.26 Å². The van der Waals surface area contributed by atoms with Crippen LogP contribution in [0.4, 0.5) is 0 Å². The Balaban J connectivity index is 1.22. The average Bonchev–Trinajstić information content (AvgIpc) is 3.16. The molecule has 3 nitrogen and oxygen atoms in total. The van der Waals surface area contributed by atoms with Crippen LogP contribution in [-0.4, -0.2) is 16.3 Å². The smallest absolute Gasteiger partial charge is 0.0991 e. The van der Waals surface area contributed by atoms with Crippen LogP contribution in [0.5, 0.6) is 0 Å². The highest BCUT2D eigenvalue weighted by Gasteiger charge is 2.58. The minimum atomic E-state index is -0.429. The number of hydrogen-bond donors (Lipinski definition) is 2. The summed E-state index contributed by atoms with van der Waals surface area (Å²) in [5.74, 6) is 3.25. The van der Waals surface area contributed by atoms with Gasteiger partial charge in [0.2, 0.25) is 0 Å². The summed E-state index contributed by atoms with van der Waals surface area (Å²) < 4.78 is 0. The molecule has 0 aromatic heterocycles. The van der Waals surface area contributed by atoms with Crippen molar-refractivity contribution in [2.45, 2.75) is 96.7 Å². The van der Waals surface area contributed by atoms with Gasteiger partial charge in [0.05, 0.1) is 23.8 Å². The fourth-order valence-corrected chi connectivity index (χ4v) is 8.73. The first-order valence-corrected chi connectivity index (χ1v) is 13.4. The summed E-state index contributed by atoms with van der Waals surface area (Å²) in [6.45, 7) is 5.11. The molecule has 2 N–H and O–H groups in total. The quantitative estimate of drug-likeness (QED) is 0.494. The molecule has 4 aliphatic carbocycles. The van der Waals surface area contributed by atoms with Crippen LogP contribution < -0.4 is 0 Å². The number of benzene rings is 1. The molecule has 5 rings (SSSR count). The number of rotatable bonds is 5. The lowest BCUT2D eigenvalue weighted by Crippen LogP contribution is -2.50. The molecule has 1 aromatic carbocycles. The van der Waals surface area contributed by atoms with E-state index >= 15 is 0 Å². The van der Waals surface area contributed by atoms with E-state index in [2.05, 4.69) is 26.0 Å². The summed E-state index contributed by atoms with van der Waals surface area (Å²) in [6, 6.07) is 9.54. The highest BCUT2D eigenvalue weighted by molar-refractivity contribution is 5.32. The van der Waals surface area contributed by atoms with E-state index in [9.17, 15) is 10.2 Å². The predicted molar refractivity (Wildman–Crippen MR) is 131 cm³/mol. The highest BCUT2D eigenvalue weighted by atomic mass is 16.3. The second-order valence-electron chi connectivity index (χ2n) is 12.2. The molecular formula is C30H41NO2. The molecule has 8 atom stereocenters. The second-order valence-corrected chi connectivity index (χ2v) is 12.2. The van der Waals surface area contributed by atoms with Gasteiger partial charge in [-0.2, -0.15) is 5.26 Å². The topological polar surface area (TPSA) is 64.2 Å². The van der Waals surface area contributed by atoms with E-state index in [1.807, 2.05) is 12.1 Å². The number of fused-ring (bicyclic) bond motifs is 5. The van der Waals surface area contributed by atoms with Crippen molar-refractivity contribution in [1.82, 2.24) is 0 Å². The van der Waals surface area contributed by atoms with Crippen LogP contribution in [0, 0.1) is 45.8 Å². The fraction of sp³-hybridized carbons (Fsp3) is 0.700. The van der Waals surface area contributed by atoms with Gasteiger partial charge in [-0.25, -0.2) is 0 Å². The number of aliphatic hydroxyl groups excluding tert-OH is 2. The molecule has 0 radical (unpaired) electrons. The molecule has 0 amide bonds. The van der Waals surface area contributed by atoms with Crippen molar-refractivity contribution in [2.75, 3.05) is 0 Å². The molecule has 33 heavy (non-hydrogen) atoms. The predicted octanol–water partition coefficient (Wildman–Crippen LogP) is 6.70. The Labute approximate surface area is 199 Å². The summed E-state index contributed by atoms with van der Waals surface area (Å²) in [7, 11) is 0. The summed E-state index contributed by atoms with van der Waals surface area (Å²) in [5.41, 5.74) is 3.93. The first-order chi connectivity index (χ1) is 15.8. The SMILES string of the molecule is CC12CCC(O)CC1=CCC1C2CCC2(C)C(CCCC(O)c3ccc(C#N)cc3)CCC12. The largest absolute Gasteiger partial charge is 0.393 e. The van der Waals surface area contributed by atoms with Crippen LogP contribution in [0.25, 0.3) is 0 Å². The summed E-state index contributed by atoms with van der Waals surface area (Å²) in [6.07, 6.45) is 14.8. The third-order valence-electron chi connectivity index (χ3n) is 10.7. The van der Waals surface area contributed by atoms with E-state index in [-0.39, 0.29) is 6.10 Å². The van der Waals surface area contributed by atoms with Gasteiger partial charge in [0.15, 0.2) is 0 Å². The van der Waals surface area contributed by atoms with Crippen molar-refractivity contribution in [3.63, 3.8) is 0 Å². The van der Waals surface area contributed by atoms with E-state index in [0.717, 1.165) is 54.9 Å². The second kappa shape index (κ2) is 8.86. The molecule has 1 aromatic rings. The Bertz CT molecular complexity index is 930. The molecule has 8 unspecified atom stereocenters. The van der Waals surface area contributed by atoms with Gasteiger partial charge in [-0.1, -0.05) is 44.1 Å². The van der Waals surface area contributed by atoms with Crippen LogP contribution in [0.15, 0.2) is 35.9 Å². The Morgan fingerprint density at radius 2 is 1.85 bits per heavy atom. The van der Waals surface area contributed by atoms with Crippen molar-refractivity contribution in [3.05, 3.63) is 47.0 Å². The zero-order chi connectivity index (χ0) is 23.2. The maximum atomic E-state index is 10.7. The normalized spacial score (nSPS) is 40.7. The molecule has 178 valence electrons. The van der Waals surface area contributed by atoms with Crippen LogP contribution in [-0.2, 0) is 0 Å². The van der Waals surface area contributed by atoms with Crippen LogP contribution >= 0.6 is 0 Å². The number of nitriles is 1. The summed E-state index contributed by atoms with van der Waals surface area (Å²) in [5, 5.41) is 29.9. The van der Waals surface area contributed by atoms with E-state index in [0.29, 0.717) is 16.4 Å². The lowest BCUT2D eigenvalue weighted by Gasteiger charge is -2.58. The highest BCUT2D eigenvalue weighted by Crippen LogP contribution is 2.66. The van der Waals surface area contributed by atoms with Crippen molar-refractivity contribution < 1.29 is 10.2 Å². The van der Waals surface area contributed by atoms with Gasteiger partial charge in [0.1, 0.15) is 0 Å². The van der Waals surface area contributed by atoms with Gasteiger partial charge >= 0.3 is 0 Å². The maximum Gasteiger partial charge on any atom is 0.0991 e. The lowest BCUT2D eigenvalue weighted by atomic mass is 9.47. The molecule has 3 heteroatoms.